The van der Waals surface area contributed by atoms with Gasteiger partial charge in [-0.3, -0.25) is 0 Å². The number of nitriles is 1. The molecule has 0 saturated carbocycles. The summed E-state index contributed by atoms with van der Waals surface area (Å²) in [5.74, 6) is 0.199. The largest absolute Gasteiger partial charge is 0.432 e. The minimum atomic E-state index is -4.54. The maximum absolute atomic E-state index is 12.8. The second-order valence-electron chi connectivity index (χ2n) is 4.44. The van der Waals surface area contributed by atoms with Crippen LogP contribution in [0.25, 0.3) is 10.9 Å². The van der Waals surface area contributed by atoms with E-state index >= 15 is 0 Å². The highest BCUT2D eigenvalue weighted by atomic mass is 19.4. The van der Waals surface area contributed by atoms with Crippen LogP contribution in [-0.4, -0.2) is 4.98 Å². The summed E-state index contributed by atoms with van der Waals surface area (Å²) < 4.78 is 38.3. The summed E-state index contributed by atoms with van der Waals surface area (Å²) in [7, 11) is 0. The van der Waals surface area contributed by atoms with Crippen LogP contribution in [0.4, 0.5) is 13.2 Å². The van der Waals surface area contributed by atoms with Crippen molar-refractivity contribution < 1.29 is 13.2 Å². The Bertz CT molecular complexity index is 630. The van der Waals surface area contributed by atoms with Gasteiger partial charge in [0.1, 0.15) is 11.8 Å². The van der Waals surface area contributed by atoms with E-state index in [1.165, 1.54) is 0 Å². The molecule has 2 nitrogen and oxygen atoms in total. The van der Waals surface area contributed by atoms with Gasteiger partial charge < -0.3 is 4.98 Å². The first-order valence-corrected chi connectivity index (χ1v) is 5.47. The fourth-order valence-corrected chi connectivity index (χ4v) is 1.90. The van der Waals surface area contributed by atoms with Gasteiger partial charge >= 0.3 is 6.18 Å². The second-order valence-corrected chi connectivity index (χ2v) is 4.44. The summed E-state index contributed by atoms with van der Waals surface area (Å²) in [6.45, 7) is 3.90. The number of hydrogen-bond acceptors (Lipinski definition) is 1. The third-order valence-corrected chi connectivity index (χ3v) is 2.88. The lowest BCUT2D eigenvalue weighted by molar-refractivity contribution is -0.140. The summed E-state index contributed by atoms with van der Waals surface area (Å²) in [4.78, 5) is 2.27. The first-order valence-electron chi connectivity index (χ1n) is 5.47. The highest BCUT2D eigenvalue weighted by Gasteiger charge is 2.36. The zero-order chi connectivity index (χ0) is 13.5. The molecule has 0 aliphatic heterocycles. The Labute approximate surface area is 102 Å². The van der Waals surface area contributed by atoms with E-state index in [1.807, 2.05) is 13.8 Å². The number of halogens is 3. The molecule has 0 fully saturated rings. The van der Waals surface area contributed by atoms with Gasteiger partial charge in [0.2, 0.25) is 0 Å². The fourth-order valence-electron chi connectivity index (χ4n) is 1.90. The predicted molar refractivity (Wildman–Crippen MR) is 62.1 cm³/mol. The van der Waals surface area contributed by atoms with Crippen molar-refractivity contribution >= 4 is 10.9 Å². The van der Waals surface area contributed by atoms with Crippen LogP contribution in [0.15, 0.2) is 18.2 Å². The first-order chi connectivity index (χ1) is 8.34. The number of aromatic nitrogens is 1. The van der Waals surface area contributed by atoms with Gasteiger partial charge in [-0.1, -0.05) is 19.9 Å². The normalized spacial score (nSPS) is 12.1. The molecule has 1 heterocycles. The molecule has 0 saturated heterocycles. The zero-order valence-electron chi connectivity index (χ0n) is 9.89. The lowest BCUT2D eigenvalue weighted by atomic mass is 10.0. The minimum absolute atomic E-state index is 0.199. The summed E-state index contributed by atoms with van der Waals surface area (Å²) in [5.41, 5.74) is -0.0593. The summed E-state index contributed by atoms with van der Waals surface area (Å²) in [6.07, 6.45) is -4.54. The summed E-state index contributed by atoms with van der Waals surface area (Å²) in [6, 6.07) is 6.64. The van der Waals surface area contributed by atoms with Gasteiger partial charge in [-0.2, -0.15) is 18.4 Å². The molecule has 1 aromatic heterocycles. The predicted octanol–water partition coefficient (Wildman–Crippen LogP) is 4.18. The average Bonchev–Trinajstić information content (AvgIpc) is 2.65. The Morgan fingerprint density at radius 2 is 1.94 bits per heavy atom. The van der Waals surface area contributed by atoms with Crippen LogP contribution < -0.4 is 0 Å². The molecule has 0 aliphatic rings. The van der Waals surface area contributed by atoms with E-state index in [9.17, 15) is 13.2 Å². The molecule has 0 aliphatic carbocycles. The standard InChI is InChI=1S/C13H11F3N2/c1-7(2)8-3-4-11-9(5-8)10(6-17)12(18-11)13(14,15)16/h3-5,7,18H,1-2H3. The molecule has 0 radical (unpaired) electrons. The van der Waals surface area contributed by atoms with Crippen molar-refractivity contribution in [3.05, 3.63) is 35.0 Å². The van der Waals surface area contributed by atoms with Crippen LogP contribution in [0.2, 0.25) is 0 Å². The van der Waals surface area contributed by atoms with Crippen molar-refractivity contribution in [2.75, 3.05) is 0 Å². The van der Waals surface area contributed by atoms with Gasteiger partial charge in [-0.15, -0.1) is 0 Å². The second kappa shape index (κ2) is 4.05. The Kier molecular flexibility index (Phi) is 2.81. The molecule has 2 aromatic rings. The molecule has 0 bridgehead atoms. The third kappa shape index (κ3) is 1.94. The van der Waals surface area contributed by atoms with Gasteiger partial charge in [0, 0.05) is 10.9 Å². The van der Waals surface area contributed by atoms with E-state index in [0.29, 0.717) is 10.9 Å². The summed E-state index contributed by atoms with van der Waals surface area (Å²) in [5, 5.41) is 9.26. The Balaban J connectivity index is 2.76. The Morgan fingerprint density at radius 1 is 1.28 bits per heavy atom. The van der Waals surface area contributed by atoms with E-state index < -0.39 is 11.9 Å². The quantitative estimate of drug-likeness (QED) is 0.812. The zero-order valence-corrected chi connectivity index (χ0v) is 9.89. The molecule has 0 amide bonds. The molecule has 2 rings (SSSR count). The van der Waals surface area contributed by atoms with Crippen molar-refractivity contribution in [3.63, 3.8) is 0 Å². The third-order valence-electron chi connectivity index (χ3n) is 2.88. The molecule has 0 atom stereocenters. The molecule has 94 valence electrons. The van der Waals surface area contributed by atoms with Crippen LogP contribution in [-0.2, 0) is 6.18 Å². The number of nitrogens with one attached hydrogen (secondary N) is 1. The molecule has 5 heteroatoms. The van der Waals surface area contributed by atoms with Gasteiger partial charge in [0.25, 0.3) is 0 Å². The van der Waals surface area contributed by atoms with Crippen molar-refractivity contribution in [2.24, 2.45) is 0 Å². The number of hydrogen-bond donors (Lipinski definition) is 1. The van der Waals surface area contributed by atoms with Crippen LogP contribution in [0.1, 0.15) is 36.6 Å². The van der Waals surface area contributed by atoms with Gasteiger partial charge in [0.05, 0.1) is 5.56 Å². The van der Waals surface area contributed by atoms with Crippen LogP contribution in [0, 0.1) is 11.3 Å². The van der Waals surface area contributed by atoms with E-state index in [0.717, 1.165) is 5.56 Å². The molecule has 18 heavy (non-hydrogen) atoms. The number of fused-ring (bicyclic) bond motifs is 1. The first kappa shape index (κ1) is 12.5. The maximum Gasteiger partial charge on any atom is 0.432 e. The molecule has 0 spiro atoms. The van der Waals surface area contributed by atoms with Crippen molar-refractivity contribution in [2.45, 2.75) is 25.9 Å². The molecule has 0 unspecified atom stereocenters. The van der Waals surface area contributed by atoms with Crippen LogP contribution >= 0.6 is 0 Å². The number of H-pyrrole nitrogens is 1. The number of rotatable bonds is 1. The maximum atomic E-state index is 12.8. The highest BCUT2D eigenvalue weighted by Crippen LogP contribution is 2.35. The van der Waals surface area contributed by atoms with E-state index in [4.69, 9.17) is 5.26 Å². The number of benzene rings is 1. The summed E-state index contributed by atoms with van der Waals surface area (Å²) >= 11 is 0. The van der Waals surface area contributed by atoms with Crippen LogP contribution in [0.3, 0.4) is 0 Å². The smallest absolute Gasteiger partial charge is 0.350 e. The van der Waals surface area contributed by atoms with Crippen molar-refractivity contribution in [1.82, 2.24) is 4.98 Å². The minimum Gasteiger partial charge on any atom is -0.350 e. The lowest BCUT2D eigenvalue weighted by Gasteiger charge is -2.04. The molecule has 1 N–H and O–H groups in total. The monoisotopic (exact) mass is 252 g/mol. The molecular formula is C13H11F3N2. The lowest BCUT2D eigenvalue weighted by Crippen LogP contribution is -2.07. The molecule has 1 aromatic carbocycles. The van der Waals surface area contributed by atoms with Crippen molar-refractivity contribution in [1.29, 1.82) is 5.26 Å². The van der Waals surface area contributed by atoms with Gasteiger partial charge in [0.15, 0.2) is 0 Å². The van der Waals surface area contributed by atoms with Crippen molar-refractivity contribution in [3.8, 4) is 6.07 Å². The van der Waals surface area contributed by atoms with E-state index in [2.05, 4.69) is 4.98 Å². The van der Waals surface area contributed by atoms with Gasteiger partial charge in [-0.05, 0) is 23.6 Å². The Morgan fingerprint density at radius 3 is 2.44 bits per heavy atom. The average molecular weight is 252 g/mol. The molecular weight excluding hydrogens is 241 g/mol. The van der Waals surface area contributed by atoms with E-state index in [-0.39, 0.29) is 11.5 Å². The van der Waals surface area contributed by atoms with E-state index in [1.54, 1.807) is 24.3 Å². The SMILES string of the molecule is CC(C)c1ccc2[nH]c(C(F)(F)F)c(C#N)c2c1. The van der Waals surface area contributed by atoms with Gasteiger partial charge in [-0.25, -0.2) is 0 Å². The fraction of sp³-hybridized carbons (Fsp3) is 0.308. The Hall–Kier alpha value is -1.96. The number of alkyl halides is 3. The number of nitrogens with zero attached hydrogens (tertiary/aromatic N) is 1. The number of aromatic amines is 1. The van der Waals surface area contributed by atoms with Crippen LogP contribution in [0.5, 0.6) is 0 Å². The topological polar surface area (TPSA) is 39.6 Å². The highest BCUT2D eigenvalue weighted by molar-refractivity contribution is 5.88.